The van der Waals surface area contributed by atoms with Gasteiger partial charge in [-0.2, -0.15) is 0 Å². The number of benzene rings is 1. The van der Waals surface area contributed by atoms with Crippen LogP contribution in [0, 0.1) is 5.92 Å². The Morgan fingerprint density at radius 3 is 2.67 bits per heavy atom. The van der Waals surface area contributed by atoms with Crippen molar-refractivity contribution in [1.29, 1.82) is 0 Å². The van der Waals surface area contributed by atoms with E-state index >= 15 is 0 Å². The highest BCUT2D eigenvalue weighted by atomic mass is 16.3. The molecule has 7 nitrogen and oxygen atoms in total. The Hall–Kier alpha value is -3.22. The van der Waals surface area contributed by atoms with E-state index in [0.717, 1.165) is 30.5 Å². The molecule has 0 spiro atoms. The number of hydrogen-bond acceptors (Lipinski definition) is 3. The van der Waals surface area contributed by atoms with Gasteiger partial charge in [0.1, 0.15) is 6.26 Å². The minimum atomic E-state index is -0.212. The molecule has 3 heterocycles. The monoisotopic (exact) mass is 408 g/mol. The van der Waals surface area contributed by atoms with Crippen LogP contribution in [-0.4, -0.2) is 40.5 Å². The predicted molar refractivity (Wildman–Crippen MR) is 117 cm³/mol. The van der Waals surface area contributed by atoms with Crippen molar-refractivity contribution in [3.63, 3.8) is 0 Å². The number of furan rings is 1. The van der Waals surface area contributed by atoms with E-state index in [9.17, 15) is 9.59 Å². The Morgan fingerprint density at radius 1 is 1.17 bits per heavy atom. The van der Waals surface area contributed by atoms with E-state index in [1.165, 1.54) is 18.0 Å². The van der Waals surface area contributed by atoms with Crippen LogP contribution in [0.15, 0.2) is 53.5 Å². The van der Waals surface area contributed by atoms with E-state index in [1.54, 1.807) is 11.0 Å². The van der Waals surface area contributed by atoms with Gasteiger partial charge in [-0.1, -0.05) is 13.8 Å². The molecule has 7 heteroatoms. The van der Waals surface area contributed by atoms with Gasteiger partial charge in [0.2, 0.25) is 0 Å². The first-order valence-electron chi connectivity index (χ1n) is 10.5. The topological polar surface area (TPSA) is 79.5 Å². The van der Waals surface area contributed by atoms with Crippen molar-refractivity contribution >= 4 is 28.5 Å². The van der Waals surface area contributed by atoms with Gasteiger partial charge < -0.3 is 24.5 Å². The summed E-state index contributed by atoms with van der Waals surface area (Å²) in [6, 6.07) is 9.57. The lowest BCUT2D eigenvalue weighted by Gasteiger charge is -2.32. The Morgan fingerprint density at radius 2 is 1.97 bits per heavy atom. The van der Waals surface area contributed by atoms with Crippen LogP contribution in [0.1, 0.15) is 37.0 Å². The third-order valence-electron chi connectivity index (χ3n) is 5.48. The number of carbonyl (C=O) groups is 2. The number of likely N-dealkylation sites (tertiary alicyclic amines) is 1. The molecule has 0 bridgehead atoms. The van der Waals surface area contributed by atoms with Crippen molar-refractivity contribution in [2.45, 2.75) is 39.3 Å². The van der Waals surface area contributed by atoms with E-state index < -0.39 is 0 Å². The zero-order chi connectivity index (χ0) is 21.1. The molecule has 0 saturated carbocycles. The summed E-state index contributed by atoms with van der Waals surface area (Å²) >= 11 is 0. The zero-order valence-corrected chi connectivity index (χ0v) is 17.4. The third kappa shape index (κ3) is 4.50. The molecule has 2 N–H and O–H groups in total. The van der Waals surface area contributed by atoms with Crippen molar-refractivity contribution < 1.29 is 14.0 Å². The Kier molecular flexibility index (Phi) is 5.79. The van der Waals surface area contributed by atoms with E-state index in [2.05, 4.69) is 41.3 Å². The average molecular weight is 409 g/mol. The van der Waals surface area contributed by atoms with Crippen LogP contribution in [0.3, 0.4) is 0 Å². The van der Waals surface area contributed by atoms with Gasteiger partial charge in [-0.15, -0.1) is 0 Å². The molecule has 30 heavy (non-hydrogen) atoms. The second-order valence-electron chi connectivity index (χ2n) is 8.31. The fraction of sp³-hybridized carbons (Fsp3) is 0.391. The highest BCUT2D eigenvalue weighted by Gasteiger charge is 2.25. The first kappa shape index (κ1) is 20.1. The number of hydrogen-bond donors (Lipinski definition) is 2. The first-order chi connectivity index (χ1) is 14.5. The lowest BCUT2D eigenvalue weighted by atomic mass is 10.0. The minimum absolute atomic E-state index is 0.0237. The number of anilines is 1. The molecule has 1 aliphatic rings. The van der Waals surface area contributed by atoms with Crippen LogP contribution in [-0.2, 0) is 6.54 Å². The molecule has 3 aromatic rings. The lowest BCUT2D eigenvalue weighted by Crippen LogP contribution is -2.47. The number of urea groups is 1. The molecule has 1 saturated heterocycles. The second kappa shape index (κ2) is 8.65. The Bertz CT molecular complexity index is 1010. The summed E-state index contributed by atoms with van der Waals surface area (Å²) in [6.45, 7) is 6.60. The van der Waals surface area contributed by atoms with Crippen LogP contribution in [0.2, 0.25) is 0 Å². The molecule has 2 aromatic heterocycles. The summed E-state index contributed by atoms with van der Waals surface area (Å²) in [5.74, 6) is 0.551. The van der Waals surface area contributed by atoms with Gasteiger partial charge in [0, 0.05) is 48.5 Å². The molecular formula is C23H28N4O3. The van der Waals surface area contributed by atoms with Gasteiger partial charge in [-0.25, -0.2) is 4.79 Å². The summed E-state index contributed by atoms with van der Waals surface area (Å²) in [6.07, 6.45) is 6.52. The number of amides is 3. The van der Waals surface area contributed by atoms with Crippen molar-refractivity contribution in [3.05, 3.63) is 54.6 Å². The summed E-state index contributed by atoms with van der Waals surface area (Å²) in [7, 11) is 0. The van der Waals surface area contributed by atoms with Crippen molar-refractivity contribution in [3.8, 4) is 0 Å². The minimum Gasteiger partial charge on any atom is -0.472 e. The number of rotatable bonds is 5. The highest BCUT2D eigenvalue weighted by Crippen LogP contribution is 2.22. The Labute approximate surface area is 176 Å². The Balaban J connectivity index is 1.29. The quantitative estimate of drug-likeness (QED) is 0.660. The van der Waals surface area contributed by atoms with Crippen molar-refractivity contribution in [1.82, 2.24) is 14.8 Å². The molecule has 4 rings (SSSR count). The van der Waals surface area contributed by atoms with Crippen LogP contribution < -0.4 is 10.6 Å². The molecule has 3 amide bonds. The third-order valence-corrected chi connectivity index (χ3v) is 5.48. The molecule has 1 aliphatic heterocycles. The smallest absolute Gasteiger partial charge is 0.319 e. The first-order valence-corrected chi connectivity index (χ1v) is 10.5. The maximum Gasteiger partial charge on any atom is 0.319 e. The van der Waals surface area contributed by atoms with E-state index in [-0.39, 0.29) is 18.0 Å². The second-order valence-corrected chi connectivity index (χ2v) is 8.31. The van der Waals surface area contributed by atoms with Crippen LogP contribution in [0.25, 0.3) is 10.9 Å². The van der Waals surface area contributed by atoms with Gasteiger partial charge in [0.15, 0.2) is 0 Å². The number of piperidine rings is 1. The normalized spacial score (nSPS) is 15.0. The van der Waals surface area contributed by atoms with Crippen LogP contribution in [0.4, 0.5) is 10.5 Å². The maximum absolute atomic E-state index is 12.4. The number of nitrogens with zero attached hydrogens (tertiary/aromatic N) is 2. The maximum atomic E-state index is 12.4. The highest BCUT2D eigenvalue weighted by molar-refractivity contribution is 5.94. The van der Waals surface area contributed by atoms with Gasteiger partial charge in [0.25, 0.3) is 5.91 Å². The standard InChI is InChI=1S/C23H28N4O3/c1-16(2)14-27-9-5-17-13-20(3-4-21(17)27)25-23(29)24-19-6-10-26(11-7-19)22(28)18-8-12-30-15-18/h3-5,8-9,12-13,15-16,19H,6-7,10-11,14H2,1-2H3,(H2,24,25,29). The molecule has 0 unspecified atom stereocenters. The lowest BCUT2D eigenvalue weighted by molar-refractivity contribution is 0.0708. The molecule has 0 radical (unpaired) electrons. The molecule has 0 aliphatic carbocycles. The van der Waals surface area contributed by atoms with Crippen LogP contribution in [0.5, 0.6) is 0 Å². The largest absolute Gasteiger partial charge is 0.472 e. The molecule has 0 atom stereocenters. The van der Waals surface area contributed by atoms with Gasteiger partial charge >= 0.3 is 6.03 Å². The van der Waals surface area contributed by atoms with Crippen molar-refractivity contribution in [2.75, 3.05) is 18.4 Å². The van der Waals surface area contributed by atoms with Gasteiger partial charge in [-0.05, 0) is 49.1 Å². The number of aromatic nitrogens is 1. The fourth-order valence-electron chi connectivity index (χ4n) is 3.98. The molecule has 158 valence electrons. The van der Waals surface area contributed by atoms with Crippen LogP contribution >= 0.6 is 0 Å². The van der Waals surface area contributed by atoms with E-state index in [0.29, 0.717) is 24.6 Å². The molecule has 1 aromatic carbocycles. The summed E-state index contributed by atoms with van der Waals surface area (Å²) < 4.78 is 7.23. The van der Waals surface area contributed by atoms with Gasteiger partial charge in [-0.3, -0.25) is 4.79 Å². The van der Waals surface area contributed by atoms with E-state index in [1.807, 2.05) is 18.2 Å². The molecular weight excluding hydrogens is 380 g/mol. The van der Waals surface area contributed by atoms with Crippen molar-refractivity contribution in [2.24, 2.45) is 5.92 Å². The average Bonchev–Trinajstić information content (AvgIpc) is 3.38. The van der Waals surface area contributed by atoms with Gasteiger partial charge in [0.05, 0.1) is 11.8 Å². The molecule has 1 fully saturated rings. The summed E-state index contributed by atoms with van der Waals surface area (Å²) in [5.41, 5.74) is 2.51. The fourth-order valence-corrected chi connectivity index (χ4v) is 3.98. The summed E-state index contributed by atoms with van der Waals surface area (Å²) in [4.78, 5) is 26.6. The number of carbonyl (C=O) groups excluding carboxylic acids is 2. The summed E-state index contributed by atoms with van der Waals surface area (Å²) in [5, 5.41) is 7.08. The van der Waals surface area contributed by atoms with E-state index in [4.69, 9.17) is 4.42 Å². The predicted octanol–water partition coefficient (Wildman–Crippen LogP) is 4.32. The zero-order valence-electron chi connectivity index (χ0n) is 17.4. The number of nitrogens with one attached hydrogen (secondary N) is 2. The number of fused-ring (bicyclic) bond motifs is 1. The SMILES string of the molecule is CC(C)Cn1ccc2cc(NC(=O)NC3CCN(C(=O)c4ccoc4)CC3)ccc21.